The number of hydrogen-bond donors (Lipinski definition) is 2. The molecule has 2 aromatic carbocycles. The van der Waals surface area contributed by atoms with Crippen LogP contribution >= 0.6 is 11.6 Å². The highest BCUT2D eigenvalue weighted by Crippen LogP contribution is 2.22. The standard InChI is InChI=1S/C12H16FNO3.C6H5ClO/c1-8(17-12(15)7-14)5-9-3-4-10(13)6-11(9)16-2;7-5-3-1-2-4-6(5)8/h3-4,6,8H,5,7,14H2,1-2H3;1-4,8H. The van der Waals surface area contributed by atoms with Crippen LogP contribution in [-0.4, -0.2) is 30.8 Å². The van der Waals surface area contributed by atoms with E-state index in [2.05, 4.69) is 0 Å². The third-order valence-corrected chi connectivity index (χ3v) is 3.43. The number of benzene rings is 2. The van der Waals surface area contributed by atoms with Crippen molar-refractivity contribution in [1.82, 2.24) is 0 Å². The van der Waals surface area contributed by atoms with Crippen LogP contribution in [0.5, 0.6) is 11.5 Å². The number of esters is 1. The minimum absolute atomic E-state index is 0.133. The molecule has 2 rings (SSSR count). The summed E-state index contributed by atoms with van der Waals surface area (Å²) in [6, 6.07) is 10.9. The zero-order valence-electron chi connectivity index (χ0n) is 14.0. The van der Waals surface area contributed by atoms with Gasteiger partial charge in [-0.3, -0.25) is 4.79 Å². The van der Waals surface area contributed by atoms with Crippen molar-refractivity contribution >= 4 is 17.6 Å². The number of para-hydroxylation sites is 1. The normalized spacial score (nSPS) is 11.1. The summed E-state index contributed by atoms with van der Waals surface area (Å²) in [4.78, 5) is 11.0. The lowest BCUT2D eigenvalue weighted by Crippen LogP contribution is -2.23. The SMILES string of the molecule is COc1cc(F)ccc1CC(C)OC(=O)CN.Oc1ccccc1Cl. The van der Waals surface area contributed by atoms with Gasteiger partial charge in [0.1, 0.15) is 23.4 Å². The first-order chi connectivity index (χ1) is 11.9. The van der Waals surface area contributed by atoms with E-state index < -0.39 is 5.97 Å². The van der Waals surface area contributed by atoms with Crippen LogP contribution in [0.2, 0.25) is 5.02 Å². The lowest BCUT2D eigenvalue weighted by Gasteiger charge is -2.14. The smallest absolute Gasteiger partial charge is 0.319 e. The van der Waals surface area contributed by atoms with E-state index in [4.69, 9.17) is 31.9 Å². The third-order valence-electron chi connectivity index (χ3n) is 3.11. The molecule has 0 heterocycles. The highest BCUT2D eigenvalue weighted by Gasteiger charge is 2.12. The van der Waals surface area contributed by atoms with E-state index >= 15 is 0 Å². The Morgan fingerprint density at radius 2 is 2.00 bits per heavy atom. The Balaban J connectivity index is 0.000000324. The van der Waals surface area contributed by atoms with E-state index in [-0.39, 0.29) is 24.2 Å². The lowest BCUT2D eigenvalue weighted by atomic mass is 10.1. The van der Waals surface area contributed by atoms with Gasteiger partial charge in [0, 0.05) is 12.5 Å². The maximum atomic E-state index is 13.0. The first-order valence-electron chi connectivity index (χ1n) is 7.52. The van der Waals surface area contributed by atoms with Crippen molar-refractivity contribution in [3.05, 3.63) is 58.9 Å². The van der Waals surface area contributed by atoms with E-state index in [9.17, 15) is 9.18 Å². The first kappa shape index (κ1) is 20.7. The predicted octanol–water partition coefficient (Wildman–Crippen LogP) is 3.31. The molecule has 136 valence electrons. The molecule has 0 radical (unpaired) electrons. The van der Waals surface area contributed by atoms with Crippen LogP contribution in [0.15, 0.2) is 42.5 Å². The summed E-state index contributed by atoms with van der Waals surface area (Å²) in [5.41, 5.74) is 5.92. The number of carbonyl (C=O) groups excluding carboxylic acids is 1. The number of rotatable bonds is 5. The van der Waals surface area contributed by atoms with Gasteiger partial charge < -0.3 is 20.3 Å². The molecule has 1 atom stereocenters. The number of hydrogen-bond acceptors (Lipinski definition) is 5. The Labute approximate surface area is 151 Å². The van der Waals surface area contributed by atoms with Gasteiger partial charge in [0.05, 0.1) is 18.7 Å². The molecule has 0 aromatic heterocycles. The lowest BCUT2D eigenvalue weighted by molar-refractivity contribution is -0.146. The summed E-state index contributed by atoms with van der Waals surface area (Å²) in [5.74, 6) is -0.245. The monoisotopic (exact) mass is 369 g/mol. The summed E-state index contributed by atoms with van der Waals surface area (Å²) in [6.07, 6.45) is 0.125. The van der Waals surface area contributed by atoms with Gasteiger partial charge in [-0.2, -0.15) is 0 Å². The van der Waals surface area contributed by atoms with Crippen LogP contribution < -0.4 is 10.5 Å². The number of phenolic OH excluding ortho intramolecular Hbond substituents is 1. The number of aromatic hydroxyl groups is 1. The number of methoxy groups -OCH3 is 1. The number of phenols is 1. The van der Waals surface area contributed by atoms with Crippen LogP contribution in [0, 0.1) is 5.82 Å². The summed E-state index contributed by atoms with van der Waals surface area (Å²) >= 11 is 5.46. The van der Waals surface area contributed by atoms with E-state index in [1.54, 1.807) is 37.3 Å². The van der Waals surface area contributed by atoms with Crippen molar-refractivity contribution in [3.8, 4) is 11.5 Å². The second-order valence-electron chi connectivity index (χ2n) is 5.12. The molecule has 2 aromatic rings. The minimum atomic E-state index is -0.460. The molecular weight excluding hydrogens is 349 g/mol. The fourth-order valence-corrected chi connectivity index (χ4v) is 2.10. The molecule has 5 nitrogen and oxygen atoms in total. The van der Waals surface area contributed by atoms with Crippen molar-refractivity contribution in [2.75, 3.05) is 13.7 Å². The number of halogens is 2. The molecule has 25 heavy (non-hydrogen) atoms. The molecule has 7 heteroatoms. The quantitative estimate of drug-likeness (QED) is 0.790. The van der Waals surface area contributed by atoms with Gasteiger partial charge in [-0.1, -0.05) is 29.8 Å². The van der Waals surface area contributed by atoms with E-state index in [0.29, 0.717) is 17.2 Å². The zero-order chi connectivity index (χ0) is 18.8. The van der Waals surface area contributed by atoms with Gasteiger partial charge in [-0.05, 0) is 30.7 Å². The fraction of sp³-hybridized carbons (Fsp3) is 0.278. The molecule has 0 bridgehead atoms. The predicted molar refractivity (Wildman–Crippen MR) is 94.4 cm³/mol. The average molecular weight is 370 g/mol. The minimum Gasteiger partial charge on any atom is -0.506 e. The van der Waals surface area contributed by atoms with Gasteiger partial charge in [0.25, 0.3) is 0 Å². The van der Waals surface area contributed by atoms with Crippen molar-refractivity contribution in [3.63, 3.8) is 0 Å². The van der Waals surface area contributed by atoms with Gasteiger partial charge in [0.2, 0.25) is 0 Å². The van der Waals surface area contributed by atoms with Gasteiger partial charge in [0.15, 0.2) is 0 Å². The maximum absolute atomic E-state index is 13.0. The molecule has 0 spiro atoms. The number of carbonyl (C=O) groups is 1. The highest BCUT2D eigenvalue weighted by molar-refractivity contribution is 6.31. The van der Waals surface area contributed by atoms with Crippen LogP contribution in [0.1, 0.15) is 12.5 Å². The van der Waals surface area contributed by atoms with Crippen molar-refractivity contribution in [1.29, 1.82) is 0 Å². The maximum Gasteiger partial charge on any atom is 0.319 e. The van der Waals surface area contributed by atoms with E-state index in [1.165, 1.54) is 19.2 Å². The van der Waals surface area contributed by atoms with Gasteiger partial charge in [-0.25, -0.2) is 4.39 Å². The Hall–Kier alpha value is -2.31. The summed E-state index contributed by atoms with van der Waals surface area (Å²) < 4.78 is 23.0. The summed E-state index contributed by atoms with van der Waals surface area (Å²) in [6.45, 7) is 1.60. The van der Waals surface area contributed by atoms with Crippen LogP contribution in [0.3, 0.4) is 0 Å². The van der Waals surface area contributed by atoms with Crippen molar-refractivity contribution < 1.29 is 23.8 Å². The molecule has 0 amide bonds. The molecular formula is C18H21ClFNO4. The molecule has 0 saturated carbocycles. The Kier molecular flexibility index (Phi) is 8.74. The topological polar surface area (TPSA) is 81.8 Å². The van der Waals surface area contributed by atoms with Gasteiger partial charge in [-0.15, -0.1) is 0 Å². The molecule has 0 saturated heterocycles. The Morgan fingerprint density at radius 1 is 1.32 bits per heavy atom. The second-order valence-corrected chi connectivity index (χ2v) is 5.52. The fourth-order valence-electron chi connectivity index (χ4n) is 1.96. The largest absolute Gasteiger partial charge is 0.506 e. The first-order valence-corrected chi connectivity index (χ1v) is 7.90. The van der Waals surface area contributed by atoms with Crippen molar-refractivity contribution in [2.45, 2.75) is 19.4 Å². The average Bonchev–Trinajstić information content (AvgIpc) is 2.59. The highest BCUT2D eigenvalue weighted by atomic mass is 35.5. The summed E-state index contributed by atoms with van der Waals surface area (Å²) in [5, 5.41) is 9.18. The van der Waals surface area contributed by atoms with Crippen LogP contribution in [0.25, 0.3) is 0 Å². The molecule has 0 aliphatic carbocycles. The second kappa shape index (κ2) is 10.5. The number of ether oxygens (including phenoxy) is 2. The molecule has 3 N–H and O–H groups in total. The summed E-state index contributed by atoms with van der Waals surface area (Å²) in [7, 11) is 1.47. The Morgan fingerprint density at radius 3 is 2.52 bits per heavy atom. The van der Waals surface area contributed by atoms with Crippen LogP contribution in [-0.2, 0) is 16.0 Å². The van der Waals surface area contributed by atoms with Crippen molar-refractivity contribution in [2.24, 2.45) is 5.73 Å². The third kappa shape index (κ3) is 7.41. The zero-order valence-corrected chi connectivity index (χ0v) is 14.8. The Bertz CT molecular complexity index is 676. The molecule has 1 unspecified atom stereocenters. The van der Waals surface area contributed by atoms with Crippen LogP contribution in [0.4, 0.5) is 4.39 Å². The van der Waals surface area contributed by atoms with Gasteiger partial charge >= 0.3 is 5.97 Å². The van der Waals surface area contributed by atoms with E-state index in [0.717, 1.165) is 5.56 Å². The molecule has 0 aliphatic heterocycles. The molecule has 0 aliphatic rings. The number of nitrogens with two attached hydrogens (primary N) is 1. The van der Waals surface area contributed by atoms with E-state index in [1.807, 2.05) is 0 Å². The molecule has 0 fully saturated rings.